The summed E-state index contributed by atoms with van der Waals surface area (Å²) in [6.07, 6.45) is 4.30. The van der Waals surface area contributed by atoms with Crippen LogP contribution in [0.4, 0.5) is 16.2 Å². The lowest BCUT2D eigenvalue weighted by Crippen LogP contribution is -2.50. The van der Waals surface area contributed by atoms with Crippen molar-refractivity contribution in [1.82, 2.24) is 14.6 Å². The molecule has 0 radical (unpaired) electrons. The molecule has 0 aliphatic rings. The maximum atomic E-state index is 13.4. The fraction of sp³-hybridized carbons (Fsp3) is 0.143. The highest BCUT2D eigenvalue weighted by Crippen LogP contribution is 2.20. The number of ether oxygens (including phenoxy) is 1. The van der Waals surface area contributed by atoms with Crippen LogP contribution in [0.3, 0.4) is 0 Å². The van der Waals surface area contributed by atoms with Crippen LogP contribution in [0.1, 0.15) is 5.56 Å². The highest BCUT2D eigenvalue weighted by molar-refractivity contribution is 7.99. The number of carbonyl (C=O) groups excluding carboxylic acids is 2. The van der Waals surface area contributed by atoms with Gasteiger partial charge in [-0.1, -0.05) is 30.3 Å². The first-order valence-corrected chi connectivity index (χ1v) is 12.5. The Labute approximate surface area is 220 Å². The molecular formula is C28H29N5O3S. The Morgan fingerprint density at radius 2 is 1.59 bits per heavy atom. The zero-order valence-electron chi connectivity index (χ0n) is 20.6. The van der Waals surface area contributed by atoms with Gasteiger partial charge in [-0.25, -0.2) is 4.79 Å². The minimum absolute atomic E-state index is 0.234. The van der Waals surface area contributed by atoms with Crippen LogP contribution in [0.15, 0.2) is 103 Å². The monoisotopic (exact) mass is 515 g/mol. The fourth-order valence-electron chi connectivity index (χ4n) is 3.74. The second kappa shape index (κ2) is 12.5. The molecule has 3 N–H and O–H groups in total. The summed E-state index contributed by atoms with van der Waals surface area (Å²) in [5, 5.41) is 2.82. The topological polar surface area (TPSA) is 87.6 Å². The smallest absolute Gasteiger partial charge is 0.326 e. The van der Waals surface area contributed by atoms with Gasteiger partial charge in [0.25, 0.3) is 0 Å². The molecule has 4 aromatic rings. The van der Waals surface area contributed by atoms with Crippen molar-refractivity contribution in [2.75, 3.05) is 23.8 Å². The predicted octanol–water partition coefficient (Wildman–Crippen LogP) is 5.03. The molecule has 0 bridgehead atoms. The number of nitrogens with zero attached hydrogens (tertiary/aromatic N) is 2. The molecule has 0 aliphatic carbocycles. The summed E-state index contributed by atoms with van der Waals surface area (Å²) < 4.78 is 13.0. The number of amides is 3. The third-order valence-corrected chi connectivity index (χ3v) is 6.38. The zero-order chi connectivity index (χ0) is 26.0. The summed E-state index contributed by atoms with van der Waals surface area (Å²) in [6.45, 7) is 0. The first-order valence-electron chi connectivity index (χ1n) is 11.7. The van der Waals surface area contributed by atoms with Crippen LogP contribution in [0.5, 0.6) is 5.75 Å². The van der Waals surface area contributed by atoms with E-state index in [9.17, 15) is 9.59 Å². The maximum absolute atomic E-state index is 13.4. The van der Waals surface area contributed by atoms with Gasteiger partial charge in [0.1, 0.15) is 11.8 Å². The van der Waals surface area contributed by atoms with E-state index in [-0.39, 0.29) is 5.91 Å². The molecule has 0 saturated carbocycles. The molecule has 0 spiro atoms. The van der Waals surface area contributed by atoms with E-state index in [0.29, 0.717) is 17.9 Å². The van der Waals surface area contributed by atoms with Gasteiger partial charge in [-0.2, -0.15) is 0 Å². The van der Waals surface area contributed by atoms with Crippen molar-refractivity contribution in [2.24, 2.45) is 0 Å². The van der Waals surface area contributed by atoms with E-state index < -0.39 is 12.1 Å². The number of methoxy groups -OCH3 is 1. The average molecular weight is 516 g/mol. The fourth-order valence-corrected chi connectivity index (χ4v) is 4.20. The summed E-state index contributed by atoms with van der Waals surface area (Å²) >= 11 is 1.03. The normalized spacial score (nSPS) is 11.3. The summed E-state index contributed by atoms with van der Waals surface area (Å²) in [6, 6.07) is 27.3. The summed E-state index contributed by atoms with van der Waals surface area (Å²) in [7, 11) is 3.28. The molecule has 0 saturated heterocycles. The molecule has 1 heterocycles. The maximum Gasteiger partial charge on any atom is 0.326 e. The predicted molar refractivity (Wildman–Crippen MR) is 149 cm³/mol. The van der Waals surface area contributed by atoms with E-state index in [0.717, 1.165) is 29.1 Å². The van der Waals surface area contributed by atoms with E-state index in [1.807, 2.05) is 83.7 Å². The second-order valence-corrected chi connectivity index (χ2v) is 8.87. The van der Waals surface area contributed by atoms with Gasteiger partial charge in [-0.3, -0.25) is 9.52 Å². The number of likely N-dealkylation sites (N-methyl/N-ethyl adjacent to an activating group) is 1. The van der Waals surface area contributed by atoms with Crippen molar-refractivity contribution < 1.29 is 14.3 Å². The lowest BCUT2D eigenvalue weighted by atomic mass is 10.0. The summed E-state index contributed by atoms with van der Waals surface area (Å²) in [4.78, 5) is 27.6. The number of urea groups is 1. The van der Waals surface area contributed by atoms with Gasteiger partial charge in [-0.15, -0.1) is 0 Å². The number of hydrogen-bond acceptors (Lipinski definition) is 5. The molecule has 37 heavy (non-hydrogen) atoms. The largest absolute Gasteiger partial charge is 0.497 e. The molecule has 9 heteroatoms. The summed E-state index contributed by atoms with van der Waals surface area (Å²) in [5.74, 6) is 0.467. The van der Waals surface area contributed by atoms with Gasteiger partial charge >= 0.3 is 6.03 Å². The van der Waals surface area contributed by atoms with Crippen molar-refractivity contribution in [3.8, 4) is 11.4 Å². The number of anilines is 2. The first kappa shape index (κ1) is 25.7. The SMILES string of the molecule is COc1ccc(N(C)C(=O)C(Cc2ccccc2)NC(=O)NSNc2ccc(-n3cccc3)cc2)cc1. The van der Waals surface area contributed by atoms with E-state index in [1.165, 1.54) is 4.90 Å². The van der Waals surface area contributed by atoms with Crippen LogP contribution in [-0.2, 0) is 11.2 Å². The number of rotatable bonds is 10. The first-order chi connectivity index (χ1) is 18.0. The van der Waals surface area contributed by atoms with Crippen LogP contribution in [0.25, 0.3) is 5.69 Å². The van der Waals surface area contributed by atoms with Gasteiger partial charge < -0.3 is 24.2 Å². The molecule has 1 atom stereocenters. The Morgan fingerprint density at radius 1 is 0.919 bits per heavy atom. The third kappa shape index (κ3) is 7.08. The Morgan fingerprint density at radius 3 is 2.24 bits per heavy atom. The Bertz CT molecular complexity index is 1280. The van der Waals surface area contributed by atoms with Crippen LogP contribution < -0.4 is 24.4 Å². The molecule has 0 fully saturated rings. The molecule has 3 aromatic carbocycles. The zero-order valence-corrected chi connectivity index (χ0v) is 21.4. The van der Waals surface area contributed by atoms with Crippen molar-refractivity contribution in [1.29, 1.82) is 0 Å². The minimum atomic E-state index is -0.768. The number of hydrogen-bond donors (Lipinski definition) is 3. The molecule has 1 aromatic heterocycles. The summed E-state index contributed by atoms with van der Waals surface area (Å²) in [5.41, 5.74) is 3.51. The van der Waals surface area contributed by atoms with Crippen LogP contribution in [-0.4, -0.2) is 36.7 Å². The quantitative estimate of drug-likeness (QED) is 0.258. The molecule has 4 rings (SSSR count). The van der Waals surface area contributed by atoms with Crippen LogP contribution in [0, 0.1) is 0 Å². The van der Waals surface area contributed by atoms with Crippen LogP contribution >= 0.6 is 12.1 Å². The van der Waals surface area contributed by atoms with Gasteiger partial charge in [0, 0.05) is 42.9 Å². The van der Waals surface area contributed by atoms with E-state index in [1.54, 1.807) is 38.4 Å². The average Bonchev–Trinajstić information content (AvgIpc) is 3.48. The highest BCUT2D eigenvalue weighted by Gasteiger charge is 2.25. The molecule has 190 valence electrons. The van der Waals surface area contributed by atoms with Gasteiger partial charge in [0.05, 0.1) is 19.2 Å². The van der Waals surface area contributed by atoms with E-state index >= 15 is 0 Å². The van der Waals surface area contributed by atoms with Gasteiger partial charge in [0.2, 0.25) is 5.91 Å². The van der Waals surface area contributed by atoms with Crippen LogP contribution in [0.2, 0.25) is 0 Å². The van der Waals surface area contributed by atoms with E-state index in [4.69, 9.17) is 4.74 Å². The Balaban J connectivity index is 1.36. The number of benzene rings is 3. The van der Waals surface area contributed by atoms with Gasteiger partial charge in [-0.05, 0) is 66.2 Å². The molecule has 8 nitrogen and oxygen atoms in total. The minimum Gasteiger partial charge on any atom is -0.497 e. The van der Waals surface area contributed by atoms with E-state index in [2.05, 4.69) is 14.8 Å². The third-order valence-electron chi connectivity index (χ3n) is 5.76. The van der Waals surface area contributed by atoms with Crippen molar-refractivity contribution >= 4 is 35.4 Å². The number of carbonyl (C=O) groups is 2. The van der Waals surface area contributed by atoms with Crippen molar-refractivity contribution in [3.63, 3.8) is 0 Å². The Hall–Kier alpha value is -4.37. The lowest BCUT2D eigenvalue weighted by molar-refractivity contribution is -0.120. The standard InChI is InChI=1S/C28H29N5O3S/c1-32(23-14-16-25(36-2)17-15-23)27(34)26(20-21-8-4-3-5-9-21)29-28(35)31-37-30-22-10-12-24(13-11-22)33-18-6-7-19-33/h3-19,26,30H,20H2,1-2H3,(H2,29,31,35). The van der Waals surface area contributed by atoms with Gasteiger partial charge in [0.15, 0.2) is 0 Å². The van der Waals surface area contributed by atoms with Crippen molar-refractivity contribution in [2.45, 2.75) is 12.5 Å². The van der Waals surface area contributed by atoms with Crippen molar-refractivity contribution in [3.05, 3.63) is 109 Å². The molecule has 1 unspecified atom stereocenters. The molecular weight excluding hydrogens is 486 g/mol. The molecule has 3 amide bonds. The lowest BCUT2D eigenvalue weighted by Gasteiger charge is -2.25. The highest BCUT2D eigenvalue weighted by atomic mass is 32.2. The number of aromatic nitrogens is 1. The number of nitrogens with one attached hydrogen (secondary N) is 3. The Kier molecular flexibility index (Phi) is 8.72. The molecule has 0 aliphatic heterocycles. The second-order valence-electron chi connectivity index (χ2n) is 8.25.